The molecule has 3 nitrogen and oxygen atoms in total. The van der Waals surface area contributed by atoms with Gasteiger partial charge in [0.1, 0.15) is 0 Å². The molecule has 1 heterocycles. The summed E-state index contributed by atoms with van der Waals surface area (Å²) in [5, 5.41) is 3.52. The normalized spacial score (nSPS) is 12.5. The first-order valence-corrected chi connectivity index (χ1v) is 7.98. The van der Waals surface area contributed by atoms with E-state index in [1.54, 1.807) is 0 Å². The van der Waals surface area contributed by atoms with Crippen LogP contribution in [0, 0.1) is 0 Å². The predicted octanol–water partition coefficient (Wildman–Crippen LogP) is 4.00. The van der Waals surface area contributed by atoms with Gasteiger partial charge in [0, 0.05) is 25.8 Å². The standard InChI is InChI=1S/C18H27N3/c1-4-5-6-7-16-8-10-17(11-9-16)15(2)19-12-18-13-21(3)14-20-18/h8-11,13-15,19H,4-7,12H2,1-3H3. The molecule has 1 N–H and O–H groups in total. The molecule has 2 rings (SSSR count). The van der Waals surface area contributed by atoms with Crippen molar-refractivity contribution in [1.82, 2.24) is 14.9 Å². The summed E-state index contributed by atoms with van der Waals surface area (Å²) in [5.41, 5.74) is 3.87. The van der Waals surface area contributed by atoms with Crippen LogP contribution in [0.15, 0.2) is 36.8 Å². The number of unbranched alkanes of at least 4 members (excludes halogenated alkanes) is 2. The zero-order valence-corrected chi connectivity index (χ0v) is 13.5. The molecule has 21 heavy (non-hydrogen) atoms. The zero-order valence-electron chi connectivity index (χ0n) is 13.5. The molecule has 0 spiro atoms. The van der Waals surface area contributed by atoms with Gasteiger partial charge in [-0.05, 0) is 30.9 Å². The first-order valence-electron chi connectivity index (χ1n) is 7.98. The molecular formula is C18H27N3. The van der Waals surface area contributed by atoms with Gasteiger partial charge in [-0.25, -0.2) is 4.98 Å². The third kappa shape index (κ3) is 5.01. The SMILES string of the molecule is CCCCCc1ccc(C(C)NCc2cn(C)cn2)cc1. The molecule has 0 saturated carbocycles. The molecule has 3 heteroatoms. The highest BCUT2D eigenvalue weighted by molar-refractivity contribution is 5.24. The van der Waals surface area contributed by atoms with E-state index in [0.29, 0.717) is 6.04 Å². The molecule has 0 saturated heterocycles. The topological polar surface area (TPSA) is 29.9 Å². The summed E-state index contributed by atoms with van der Waals surface area (Å²) in [6.07, 6.45) is 8.99. The van der Waals surface area contributed by atoms with Gasteiger partial charge < -0.3 is 9.88 Å². The van der Waals surface area contributed by atoms with Crippen molar-refractivity contribution in [1.29, 1.82) is 0 Å². The monoisotopic (exact) mass is 285 g/mol. The van der Waals surface area contributed by atoms with Crippen molar-refractivity contribution >= 4 is 0 Å². The number of rotatable bonds is 8. The van der Waals surface area contributed by atoms with Crippen molar-refractivity contribution in [2.45, 2.75) is 52.1 Å². The summed E-state index contributed by atoms with van der Waals surface area (Å²) in [4.78, 5) is 4.34. The number of aryl methyl sites for hydroxylation is 2. The van der Waals surface area contributed by atoms with E-state index in [1.165, 1.54) is 36.8 Å². The van der Waals surface area contributed by atoms with E-state index >= 15 is 0 Å². The molecule has 1 aromatic heterocycles. The Balaban J connectivity index is 1.83. The second-order valence-electron chi connectivity index (χ2n) is 5.83. The predicted molar refractivity (Wildman–Crippen MR) is 88.1 cm³/mol. The van der Waals surface area contributed by atoms with E-state index < -0.39 is 0 Å². The number of benzene rings is 1. The average molecular weight is 285 g/mol. The number of aromatic nitrogens is 2. The Morgan fingerprint density at radius 2 is 1.95 bits per heavy atom. The molecular weight excluding hydrogens is 258 g/mol. The van der Waals surface area contributed by atoms with Crippen LogP contribution in [0.2, 0.25) is 0 Å². The van der Waals surface area contributed by atoms with Gasteiger partial charge in [0.25, 0.3) is 0 Å². The third-order valence-electron chi connectivity index (χ3n) is 3.90. The smallest absolute Gasteiger partial charge is 0.0947 e. The summed E-state index contributed by atoms with van der Waals surface area (Å²) in [6.45, 7) is 5.26. The van der Waals surface area contributed by atoms with E-state index in [1.807, 2.05) is 17.9 Å². The van der Waals surface area contributed by atoms with Crippen molar-refractivity contribution in [3.63, 3.8) is 0 Å². The van der Waals surface area contributed by atoms with Gasteiger partial charge >= 0.3 is 0 Å². The fourth-order valence-corrected chi connectivity index (χ4v) is 2.49. The highest BCUT2D eigenvalue weighted by atomic mass is 15.0. The zero-order chi connectivity index (χ0) is 15.1. The lowest BCUT2D eigenvalue weighted by molar-refractivity contribution is 0.568. The average Bonchev–Trinajstić information content (AvgIpc) is 2.91. The fourth-order valence-electron chi connectivity index (χ4n) is 2.49. The van der Waals surface area contributed by atoms with Crippen LogP contribution in [-0.2, 0) is 20.0 Å². The van der Waals surface area contributed by atoms with Crippen LogP contribution in [-0.4, -0.2) is 9.55 Å². The molecule has 114 valence electrons. The Labute approximate surface area is 128 Å². The summed E-state index contributed by atoms with van der Waals surface area (Å²) in [5.74, 6) is 0. The maximum absolute atomic E-state index is 4.34. The molecule has 0 radical (unpaired) electrons. The van der Waals surface area contributed by atoms with Crippen LogP contribution < -0.4 is 5.32 Å². The highest BCUT2D eigenvalue weighted by Crippen LogP contribution is 2.15. The van der Waals surface area contributed by atoms with E-state index in [0.717, 1.165) is 12.2 Å². The molecule has 1 unspecified atom stereocenters. The number of hydrogen-bond donors (Lipinski definition) is 1. The van der Waals surface area contributed by atoms with Crippen LogP contribution in [0.4, 0.5) is 0 Å². The minimum atomic E-state index is 0.344. The van der Waals surface area contributed by atoms with E-state index in [9.17, 15) is 0 Å². The van der Waals surface area contributed by atoms with Crippen molar-refractivity contribution in [3.8, 4) is 0 Å². The maximum atomic E-state index is 4.34. The number of nitrogens with one attached hydrogen (secondary N) is 1. The van der Waals surface area contributed by atoms with Gasteiger partial charge in [0.05, 0.1) is 12.0 Å². The first kappa shape index (κ1) is 15.8. The van der Waals surface area contributed by atoms with Crippen LogP contribution in [0.25, 0.3) is 0 Å². The van der Waals surface area contributed by atoms with Crippen molar-refractivity contribution in [3.05, 3.63) is 53.6 Å². The Kier molecular flexibility index (Phi) is 6.00. The van der Waals surface area contributed by atoms with Crippen LogP contribution in [0.3, 0.4) is 0 Å². The van der Waals surface area contributed by atoms with E-state index in [-0.39, 0.29) is 0 Å². The number of hydrogen-bond acceptors (Lipinski definition) is 2. The Bertz CT molecular complexity index is 528. The van der Waals surface area contributed by atoms with Gasteiger partial charge in [-0.15, -0.1) is 0 Å². The molecule has 0 fully saturated rings. The van der Waals surface area contributed by atoms with Gasteiger partial charge in [0.2, 0.25) is 0 Å². The Morgan fingerprint density at radius 1 is 1.19 bits per heavy atom. The van der Waals surface area contributed by atoms with Gasteiger partial charge in [0.15, 0.2) is 0 Å². The molecule has 0 bridgehead atoms. The third-order valence-corrected chi connectivity index (χ3v) is 3.90. The lowest BCUT2D eigenvalue weighted by atomic mass is 10.0. The van der Waals surface area contributed by atoms with Crippen LogP contribution in [0.1, 0.15) is 56.0 Å². The molecule has 0 aliphatic carbocycles. The van der Waals surface area contributed by atoms with Crippen molar-refractivity contribution in [2.75, 3.05) is 0 Å². The second-order valence-corrected chi connectivity index (χ2v) is 5.83. The number of imidazole rings is 1. The minimum Gasteiger partial charge on any atom is -0.340 e. The lowest BCUT2D eigenvalue weighted by Crippen LogP contribution is -2.18. The summed E-state index contributed by atoms with van der Waals surface area (Å²) in [7, 11) is 2.00. The molecule has 1 atom stereocenters. The van der Waals surface area contributed by atoms with Gasteiger partial charge in [-0.1, -0.05) is 44.0 Å². The Morgan fingerprint density at radius 3 is 2.57 bits per heavy atom. The van der Waals surface area contributed by atoms with Crippen LogP contribution in [0.5, 0.6) is 0 Å². The quantitative estimate of drug-likeness (QED) is 0.743. The molecule has 1 aromatic carbocycles. The minimum absolute atomic E-state index is 0.344. The molecule has 2 aromatic rings. The van der Waals surface area contributed by atoms with Gasteiger partial charge in [-0.3, -0.25) is 0 Å². The van der Waals surface area contributed by atoms with Crippen molar-refractivity contribution in [2.24, 2.45) is 7.05 Å². The van der Waals surface area contributed by atoms with Crippen LogP contribution >= 0.6 is 0 Å². The highest BCUT2D eigenvalue weighted by Gasteiger charge is 2.06. The summed E-state index contributed by atoms with van der Waals surface area (Å²) < 4.78 is 1.98. The lowest BCUT2D eigenvalue weighted by Gasteiger charge is -2.14. The number of nitrogens with zero attached hydrogens (tertiary/aromatic N) is 2. The molecule has 0 aliphatic heterocycles. The first-order chi connectivity index (χ1) is 10.2. The molecule has 0 amide bonds. The summed E-state index contributed by atoms with van der Waals surface area (Å²) in [6, 6.07) is 9.37. The van der Waals surface area contributed by atoms with Crippen molar-refractivity contribution < 1.29 is 0 Å². The second kappa shape index (κ2) is 7.99. The van der Waals surface area contributed by atoms with Gasteiger partial charge in [-0.2, -0.15) is 0 Å². The van der Waals surface area contributed by atoms with E-state index in [4.69, 9.17) is 0 Å². The molecule has 0 aliphatic rings. The van der Waals surface area contributed by atoms with E-state index in [2.05, 4.69) is 54.6 Å². The summed E-state index contributed by atoms with van der Waals surface area (Å²) >= 11 is 0. The maximum Gasteiger partial charge on any atom is 0.0947 e. The fraction of sp³-hybridized carbons (Fsp3) is 0.500. The Hall–Kier alpha value is -1.61. The largest absolute Gasteiger partial charge is 0.340 e.